The quantitative estimate of drug-likeness (QED) is 0.270. The van der Waals surface area contributed by atoms with Crippen LogP contribution in [-0.2, 0) is 30.5 Å². The first-order chi connectivity index (χ1) is 18.3. The second-order valence-electron chi connectivity index (χ2n) is 13.7. The molecule has 1 saturated carbocycles. The lowest BCUT2D eigenvalue weighted by molar-refractivity contribution is 0.0695. The highest BCUT2D eigenvalue weighted by atomic mass is 32.2. The molecule has 0 amide bonds. The Morgan fingerprint density at radius 3 is 1.98 bits per heavy atom. The summed E-state index contributed by atoms with van der Waals surface area (Å²) in [6, 6.07) is 13.6. The zero-order valence-corrected chi connectivity index (χ0v) is 27.8. The summed E-state index contributed by atoms with van der Waals surface area (Å²) in [5.74, 6) is -1.64. The summed E-state index contributed by atoms with van der Waals surface area (Å²) in [6.07, 6.45) is 2.09. The summed E-state index contributed by atoms with van der Waals surface area (Å²) in [5.41, 5.74) is -2.56. The molecule has 224 valence electrons. The summed E-state index contributed by atoms with van der Waals surface area (Å²) < 4.78 is 77.8. The molecule has 2 aromatic carbocycles. The van der Waals surface area contributed by atoms with Crippen molar-refractivity contribution in [2.75, 3.05) is 5.75 Å². The van der Waals surface area contributed by atoms with E-state index in [2.05, 4.69) is 33.9 Å². The maximum absolute atomic E-state index is 16.8. The number of alkyl halides is 1. The first-order valence-corrected chi connectivity index (χ1v) is 19.8. The smallest absolute Gasteiger partial charge is 0.210 e. The molecule has 1 aliphatic carbocycles. The van der Waals surface area contributed by atoms with E-state index in [1.807, 2.05) is 20.8 Å². The van der Waals surface area contributed by atoms with Gasteiger partial charge >= 0.3 is 0 Å². The molecule has 1 aliphatic rings. The van der Waals surface area contributed by atoms with E-state index in [1.54, 1.807) is 30.3 Å². The third-order valence-corrected chi connectivity index (χ3v) is 17.3. The third-order valence-electron chi connectivity index (χ3n) is 8.92. The van der Waals surface area contributed by atoms with E-state index in [4.69, 9.17) is 4.43 Å². The Kier molecular flexibility index (Phi) is 9.97. The van der Waals surface area contributed by atoms with E-state index in [0.717, 1.165) is 0 Å². The molecule has 0 aliphatic heterocycles. The SMILES string of the molecule is CC(C)(C)S(=O)CC(C(F)S(=O)(=O)c1ccccc1)C1(c2ccc(F)cc2)CCC(O[Si](C)(C)C(C)(C)C)CC1. The Hall–Kier alpha value is -1.42. The van der Waals surface area contributed by atoms with Crippen molar-refractivity contribution in [2.45, 2.75) is 112 Å². The topological polar surface area (TPSA) is 60.4 Å². The van der Waals surface area contributed by atoms with Crippen LogP contribution in [0.2, 0.25) is 18.1 Å². The number of hydrogen-bond acceptors (Lipinski definition) is 4. The Morgan fingerprint density at radius 1 is 0.975 bits per heavy atom. The number of sulfone groups is 1. The van der Waals surface area contributed by atoms with Gasteiger partial charge in [-0.1, -0.05) is 51.1 Å². The molecule has 3 atom stereocenters. The van der Waals surface area contributed by atoms with Gasteiger partial charge in [0.2, 0.25) is 15.3 Å². The van der Waals surface area contributed by atoms with Crippen molar-refractivity contribution in [3.8, 4) is 0 Å². The van der Waals surface area contributed by atoms with Crippen molar-refractivity contribution in [2.24, 2.45) is 5.92 Å². The molecule has 0 N–H and O–H groups in total. The zero-order valence-electron chi connectivity index (χ0n) is 25.2. The molecule has 0 saturated heterocycles. The predicted octanol–water partition coefficient (Wildman–Crippen LogP) is 7.96. The van der Waals surface area contributed by atoms with Crippen LogP contribution in [0, 0.1) is 11.7 Å². The highest BCUT2D eigenvalue weighted by molar-refractivity contribution is 7.92. The van der Waals surface area contributed by atoms with Crippen molar-refractivity contribution in [1.82, 2.24) is 0 Å². The van der Waals surface area contributed by atoms with Crippen LogP contribution < -0.4 is 0 Å². The highest BCUT2D eigenvalue weighted by Gasteiger charge is 2.52. The van der Waals surface area contributed by atoms with E-state index in [1.165, 1.54) is 24.3 Å². The number of rotatable bonds is 9. The van der Waals surface area contributed by atoms with Crippen molar-refractivity contribution < 1.29 is 25.8 Å². The molecule has 0 aromatic heterocycles. The maximum atomic E-state index is 16.8. The van der Waals surface area contributed by atoms with Crippen LogP contribution >= 0.6 is 0 Å². The fourth-order valence-electron chi connectivity index (χ4n) is 5.33. The van der Waals surface area contributed by atoms with Gasteiger partial charge in [-0.15, -0.1) is 0 Å². The van der Waals surface area contributed by atoms with Crippen molar-refractivity contribution >= 4 is 29.0 Å². The van der Waals surface area contributed by atoms with Gasteiger partial charge in [-0.05, 0) is 94.4 Å². The lowest BCUT2D eigenvalue weighted by Gasteiger charge is -2.49. The first-order valence-electron chi connectivity index (χ1n) is 14.1. The monoisotopic (exact) mass is 612 g/mol. The minimum Gasteiger partial charge on any atom is -0.414 e. The predicted molar refractivity (Wildman–Crippen MR) is 163 cm³/mol. The number of hydrogen-bond donors (Lipinski definition) is 0. The molecule has 3 rings (SSSR count). The summed E-state index contributed by atoms with van der Waals surface area (Å²) in [5, 5.41) is 0.0262. The van der Waals surface area contributed by atoms with E-state index < -0.39 is 56.4 Å². The van der Waals surface area contributed by atoms with Crippen LogP contribution in [0.5, 0.6) is 0 Å². The average molecular weight is 613 g/mol. The van der Waals surface area contributed by atoms with Gasteiger partial charge in [-0.25, -0.2) is 17.2 Å². The van der Waals surface area contributed by atoms with Gasteiger partial charge in [0, 0.05) is 38.7 Å². The number of benzene rings is 2. The molecular formula is C31H46F2O4S2Si. The van der Waals surface area contributed by atoms with Gasteiger partial charge in [0.25, 0.3) is 0 Å². The number of halogens is 2. The van der Waals surface area contributed by atoms with E-state index in [0.29, 0.717) is 31.2 Å². The normalized spacial score (nSPS) is 23.4. The zero-order chi connectivity index (χ0) is 30.1. The molecule has 0 heterocycles. The Balaban J connectivity index is 2.11. The fraction of sp³-hybridized carbons (Fsp3) is 0.613. The minimum atomic E-state index is -4.39. The van der Waals surface area contributed by atoms with Gasteiger partial charge < -0.3 is 4.43 Å². The van der Waals surface area contributed by atoms with Gasteiger partial charge in [0.1, 0.15) is 5.82 Å². The third kappa shape index (κ3) is 7.13. The fourth-order valence-corrected chi connectivity index (χ4v) is 9.77. The Morgan fingerprint density at radius 2 is 1.50 bits per heavy atom. The molecule has 3 unspecified atom stereocenters. The van der Waals surface area contributed by atoms with Crippen molar-refractivity contribution in [1.29, 1.82) is 0 Å². The second kappa shape index (κ2) is 12.1. The molecule has 0 bridgehead atoms. The molecular weight excluding hydrogens is 567 g/mol. The summed E-state index contributed by atoms with van der Waals surface area (Å²) in [6.45, 7) is 16.4. The van der Waals surface area contributed by atoms with Gasteiger partial charge in [-0.2, -0.15) is 0 Å². The van der Waals surface area contributed by atoms with E-state index in [-0.39, 0.29) is 21.8 Å². The van der Waals surface area contributed by atoms with Crippen LogP contribution in [0.4, 0.5) is 8.78 Å². The largest absolute Gasteiger partial charge is 0.414 e. The molecule has 0 radical (unpaired) electrons. The molecule has 1 fully saturated rings. The van der Waals surface area contributed by atoms with Crippen LogP contribution in [0.15, 0.2) is 59.5 Å². The minimum absolute atomic E-state index is 0.0262. The van der Waals surface area contributed by atoms with Crippen LogP contribution in [-0.4, -0.2) is 43.1 Å². The lowest BCUT2D eigenvalue weighted by atomic mass is 9.62. The van der Waals surface area contributed by atoms with Crippen molar-refractivity contribution in [3.05, 3.63) is 66.0 Å². The summed E-state index contributed by atoms with van der Waals surface area (Å²) >= 11 is 0. The molecule has 0 spiro atoms. The van der Waals surface area contributed by atoms with E-state index in [9.17, 15) is 17.0 Å². The van der Waals surface area contributed by atoms with Crippen molar-refractivity contribution in [3.63, 3.8) is 0 Å². The first kappa shape index (κ1) is 33.1. The highest BCUT2D eigenvalue weighted by Crippen LogP contribution is 2.51. The van der Waals surface area contributed by atoms with Crippen LogP contribution in [0.3, 0.4) is 0 Å². The molecule has 9 heteroatoms. The van der Waals surface area contributed by atoms with Gasteiger partial charge in [-0.3, -0.25) is 4.21 Å². The second-order valence-corrected chi connectivity index (χ2v) is 22.7. The standard InChI is InChI=1S/C31H46F2O4S2Si/c1-29(2,3)38(34)22-27(28(33)39(35,36)26-12-10-9-11-13-26)31(23-14-16-24(32)17-15-23)20-18-25(19-21-31)37-40(7,8)30(4,5)6/h9-17,25,27-28H,18-22H2,1-8H3. The van der Waals surface area contributed by atoms with Crippen LogP contribution in [0.25, 0.3) is 0 Å². The summed E-state index contributed by atoms with van der Waals surface area (Å²) in [7, 11) is -7.99. The average Bonchev–Trinajstić information content (AvgIpc) is 2.87. The summed E-state index contributed by atoms with van der Waals surface area (Å²) in [4.78, 5) is -0.0988. The van der Waals surface area contributed by atoms with Crippen LogP contribution in [0.1, 0.15) is 72.8 Å². The Labute approximate surface area is 243 Å². The molecule has 2 aromatic rings. The van der Waals surface area contributed by atoms with Gasteiger partial charge in [0.05, 0.1) is 4.90 Å². The maximum Gasteiger partial charge on any atom is 0.210 e. The lowest BCUT2D eigenvalue weighted by Crippen LogP contribution is -2.51. The van der Waals surface area contributed by atoms with E-state index >= 15 is 4.39 Å². The molecule has 4 nitrogen and oxygen atoms in total. The van der Waals surface area contributed by atoms with Gasteiger partial charge in [0.15, 0.2) is 8.32 Å². The molecule has 40 heavy (non-hydrogen) atoms. The Bertz CT molecular complexity index is 1260.